The first-order valence-corrected chi connectivity index (χ1v) is 8.00. The number of hydrogen-bond donors (Lipinski definition) is 2. The molecule has 2 aromatic carbocycles. The minimum atomic E-state index is -0.309. The summed E-state index contributed by atoms with van der Waals surface area (Å²) in [5.41, 5.74) is 4.14. The number of hydrogen-bond acceptors (Lipinski definition) is 4. The van der Waals surface area contributed by atoms with Crippen LogP contribution < -0.4 is 20.2 Å². The minimum Gasteiger partial charge on any atom is -0.493 e. The van der Waals surface area contributed by atoms with E-state index in [0.717, 1.165) is 10.0 Å². The van der Waals surface area contributed by atoms with Crippen molar-refractivity contribution in [1.29, 1.82) is 0 Å². The van der Waals surface area contributed by atoms with Crippen molar-refractivity contribution in [1.82, 2.24) is 5.43 Å². The molecule has 8 heteroatoms. The Balaban J connectivity index is 1.99. The molecule has 0 aromatic heterocycles. The van der Waals surface area contributed by atoms with Crippen molar-refractivity contribution in [3.05, 3.63) is 52.3 Å². The third-order valence-electron chi connectivity index (χ3n) is 2.94. The van der Waals surface area contributed by atoms with Gasteiger partial charge in [-0.3, -0.25) is 5.43 Å². The molecule has 0 radical (unpaired) electrons. The molecule has 2 rings (SSSR count). The van der Waals surface area contributed by atoms with Crippen LogP contribution in [0.3, 0.4) is 0 Å². The Morgan fingerprint density at radius 2 is 1.92 bits per heavy atom. The van der Waals surface area contributed by atoms with E-state index in [1.165, 1.54) is 12.1 Å². The van der Waals surface area contributed by atoms with Gasteiger partial charge in [0.15, 0.2) is 16.6 Å². The molecular formula is C16H15BrFN3O2S. The summed E-state index contributed by atoms with van der Waals surface area (Å²) in [7, 11) is 3.13. The molecule has 0 heterocycles. The second kappa shape index (κ2) is 8.60. The molecule has 0 amide bonds. The van der Waals surface area contributed by atoms with Gasteiger partial charge in [0.05, 0.1) is 24.9 Å². The van der Waals surface area contributed by atoms with Crippen LogP contribution in [-0.4, -0.2) is 25.5 Å². The third-order valence-corrected chi connectivity index (χ3v) is 3.72. The highest BCUT2D eigenvalue weighted by atomic mass is 79.9. The molecule has 0 saturated carbocycles. The summed E-state index contributed by atoms with van der Waals surface area (Å²) in [5, 5.41) is 7.24. The first-order chi connectivity index (χ1) is 11.5. The van der Waals surface area contributed by atoms with Crippen LogP contribution in [0.25, 0.3) is 0 Å². The summed E-state index contributed by atoms with van der Waals surface area (Å²) in [6.45, 7) is 0. The monoisotopic (exact) mass is 411 g/mol. The number of rotatable bonds is 5. The molecule has 24 heavy (non-hydrogen) atoms. The Morgan fingerprint density at radius 3 is 2.54 bits per heavy atom. The van der Waals surface area contributed by atoms with Crippen LogP contribution in [-0.2, 0) is 0 Å². The second-order valence-electron chi connectivity index (χ2n) is 4.57. The Bertz CT molecular complexity index is 754. The van der Waals surface area contributed by atoms with E-state index in [2.05, 4.69) is 31.8 Å². The molecular weight excluding hydrogens is 397 g/mol. The lowest BCUT2D eigenvalue weighted by atomic mass is 10.2. The fourth-order valence-corrected chi connectivity index (χ4v) is 2.66. The van der Waals surface area contributed by atoms with E-state index in [4.69, 9.17) is 21.7 Å². The van der Waals surface area contributed by atoms with Crippen molar-refractivity contribution in [3.63, 3.8) is 0 Å². The van der Waals surface area contributed by atoms with Gasteiger partial charge in [-0.05, 0) is 70.1 Å². The number of ether oxygens (including phenoxy) is 2. The summed E-state index contributed by atoms with van der Waals surface area (Å²) in [6.07, 6.45) is 1.59. The summed E-state index contributed by atoms with van der Waals surface area (Å²) in [4.78, 5) is 0. The summed E-state index contributed by atoms with van der Waals surface area (Å²) < 4.78 is 24.1. The highest BCUT2D eigenvalue weighted by Gasteiger charge is 2.09. The molecule has 0 aliphatic rings. The quantitative estimate of drug-likeness (QED) is 0.443. The number of nitrogens with one attached hydrogen (secondary N) is 2. The van der Waals surface area contributed by atoms with Crippen LogP contribution in [0, 0.1) is 5.82 Å². The average molecular weight is 412 g/mol. The minimum absolute atomic E-state index is 0.289. The van der Waals surface area contributed by atoms with Gasteiger partial charge in [-0.25, -0.2) is 4.39 Å². The standard InChI is InChI=1S/C16H15BrFN3O2S/c1-22-14-8-10(7-13(17)15(14)23-2)9-19-21-16(24)20-12-5-3-11(18)4-6-12/h3-9H,1-2H3,(H2,20,21,24)/b19-9+. The van der Waals surface area contributed by atoms with Gasteiger partial charge in [0, 0.05) is 5.69 Å². The zero-order chi connectivity index (χ0) is 17.5. The highest BCUT2D eigenvalue weighted by molar-refractivity contribution is 9.10. The summed E-state index contributed by atoms with van der Waals surface area (Å²) in [5.74, 6) is 0.882. The van der Waals surface area contributed by atoms with Gasteiger partial charge in [0.2, 0.25) is 0 Å². The van der Waals surface area contributed by atoms with Gasteiger partial charge in [0.25, 0.3) is 0 Å². The van der Waals surface area contributed by atoms with Gasteiger partial charge in [0.1, 0.15) is 5.82 Å². The number of nitrogens with zero attached hydrogens (tertiary/aromatic N) is 1. The number of halogens is 2. The van der Waals surface area contributed by atoms with Gasteiger partial charge < -0.3 is 14.8 Å². The van der Waals surface area contributed by atoms with Crippen LogP contribution in [0.2, 0.25) is 0 Å². The fraction of sp³-hybridized carbons (Fsp3) is 0.125. The Hall–Kier alpha value is -2.19. The molecule has 0 saturated heterocycles. The largest absolute Gasteiger partial charge is 0.493 e. The predicted molar refractivity (Wildman–Crippen MR) is 101 cm³/mol. The number of hydrazone groups is 1. The molecule has 126 valence electrons. The van der Waals surface area contributed by atoms with E-state index in [-0.39, 0.29) is 10.9 Å². The Kier molecular flexibility index (Phi) is 6.51. The lowest BCUT2D eigenvalue weighted by Gasteiger charge is -2.10. The molecule has 0 atom stereocenters. The van der Waals surface area contributed by atoms with Crippen LogP contribution >= 0.6 is 28.1 Å². The molecule has 2 aromatic rings. The summed E-state index contributed by atoms with van der Waals surface area (Å²) >= 11 is 8.53. The second-order valence-corrected chi connectivity index (χ2v) is 5.83. The molecule has 0 fully saturated rings. The van der Waals surface area contributed by atoms with Crippen LogP contribution in [0.1, 0.15) is 5.56 Å². The fourth-order valence-electron chi connectivity index (χ4n) is 1.87. The predicted octanol–water partition coefficient (Wildman–Crippen LogP) is 3.93. The van der Waals surface area contributed by atoms with E-state index in [9.17, 15) is 4.39 Å². The number of benzene rings is 2. The lowest BCUT2D eigenvalue weighted by molar-refractivity contribution is 0.353. The SMILES string of the molecule is COc1cc(/C=N/NC(=S)Nc2ccc(F)cc2)cc(Br)c1OC. The topological polar surface area (TPSA) is 54.9 Å². The van der Waals surface area contributed by atoms with E-state index in [1.54, 1.807) is 38.6 Å². The Labute approximate surface area is 153 Å². The number of thiocarbonyl (C=S) groups is 1. The van der Waals surface area contributed by atoms with Crippen molar-refractivity contribution in [2.75, 3.05) is 19.5 Å². The van der Waals surface area contributed by atoms with Crippen LogP contribution in [0.4, 0.5) is 10.1 Å². The van der Waals surface area contributed by atoms with E-state index in [0.29, 0.717) is 17.2 Å². The van der Waals surface area contributed by atoms with Crippen LogP contribution in [0.5, 0.6) is 11.5 Å². The van der Waals surface area contributed by atoms with Crippen molar-refractivity contribution in [2.24, 2.45) is 5.10 Å². The molecule has 0 unspecified atom stereocenters. The zero-order valence-corrected chi connectivity index (χ0v) is 15.4. The molecule has 2 N–H and O–H groups in total. The summed E-state index contributed by atoms with van der Waals surface area (Å²) in [6, 6.07) is 9.47. The van der Waals surface area contributed by atoms with Gasteiger partial charge in [-0.2, -0.15) is 5.10 Å². The first-order valence-electron chi connectivity index (χ1n) is 6.80. The van der Waals surface area contributed by atoms with Gasteiger partial charge in [-0.15, -0.1) is 0 Å². The van der Waals surface area contributed by atoms with Crippen molar-refractivity contribution in [3.8, 4) is 11.5 Å². The van der Waals surface area contributed by atoms with Crippen molar-refractivity contribution in [2.45, 2.75) is 0 Å². The molecule has 0 spiro atoms. The van der Waals surface area contributed by atoms with Crippen molar-refractivity contribution < 1.29 is 13.9 Å². The molecule has 0 aliphatic heterocycles. The van der Waals surface area contributed by atoms with E-state index in [1.807, 2.05) is 6.07 Å². The number of methoxy groups -OCH3 is 2. The van der Waals surface area contributed by atoms with Gasteiger partial charge >= 0.3 is 0 Å². The van der Waals surface area contributed by atoms with Crippen molar-refractivity contribution >= 4 is 45.2 Å². The zero-order valence-electron chi connectivity index (χ0n) is 13.0. The first kappa shape index (κ1) is 18.2. The Morgan fingerprint density at radius 1 is 1.21 bits per heavy atom. The maximum Gasteiger partial charge on any atom is 0.191 e. The van der Waals surface area contributed by atoms with E-state index < -0.39 is 0 Å². The lowest BCUT2D eigenvalue weighted by Crippen LogP contribution is -2.23. The third kappa shape index (κ3) is 4.90. The normalized spacial score (nSPS) is 10.5. The van der Waals surface area contributed by atoms with Crippen LogP contribution in [0.15, 0.2) is 46.0 Å². The molecule has 0 aliphatic carbocycles. The van der Waals surface area contributed by atoms with E-state index >= 15 is 0 Å². The highest BCUT2D eigenvalue weighted by Crippen LogP contribution is 2.35. The average Bonchev–Trinajstić information content (AvgIpc) is 2.56. The number of anilines is 1. The smallest absolute Gasteiger partial charge is 0.191 e. The maximum absolute atomic E-state index is 12.8. The maximum atomic E-state index is 12.8. The van der Waals surface area contributed by atoms with Gasteiger partial charge in [-0.1, -0.05) is 0 Å². The molecule has 5 nitrogen and oxygen atoms in total. The molecule has 0 bridgehead atoms.